The van der Waals surface area contributed by atoms with Crippen LogP contribution in [-0.2, 0) is 6.61 Å². The summed E-state index contributed by atoms with van der Waals surface area (Å²) in [5.41, 5.74) is 3.46. The molecule has 1 unspecified atom stereocenters. The number of aliphatic hydroxyl groups excluding tert-OH is 2. The fraction of sp³-hybridized carbons (Fsp3) is 0.158. The summed E-state index contributed by atoms with van der Waals surface area (Å²) >= 11 is 0. The van der Waals surface area contributed by atoms with E-state index in [-0.39, 0.29) is 6.61 Å². The van der Waals surface area contributed by atoms with Crippen LogP contribution in [0, 0.1) is 6.92 Å². The first-order chi connectivity index (χ1) is 10.2. The van der Waals surface area contributed by atoms with Gasteiger partial charge in [-0.25, -0.2) is 0 Å². The van der Waals surface area contributed by atoms with Crippen LogP contribution in [0.2, 0.25) is 0 Å². The number of aliphatic hydroxyl groups is 2. The molecule has 0 heterocycles. The Morgan fingerprint density at radius 3 is 2.14 bits per heavy atom. The van der Waals surface area contributed by atoms with Gasteiger partial charge in [0.2, 0.25) is 0 Å². The van der Waals surface area contributed by atoms with E-state index in [1.54, 1.807) is 0 Å². The van der Waals surface area contributed by atoms with Gasteiger partial charge in [0, 0.05) is 0 Å². The van der Waals surface area contributed by atoms with Crippen molar-refractivity contribution >= 4 is 10.8 Å². The molecule has 0 saturated carbocycles. The monoisotopic (exact) mass is 278 g/mol. The van der Waals surface area contributed by atoms with E-state index in [1.807, 2.05) is 67.6 Å². The van der Waals surface area contributed by atoms with Gasteiger partial charge in [-0.15, -0.1) is 0 Å². The quantitative estimate of drug-likeness (QED) is 0.766. The zero-order valence-electron chi connectivity index (χ0n) is 12.0. The number of hydrogen-bond acceptors (Lipinski definition) is 2. The van der Waals surface area contributed by atoms with Crippen molar-refractivity contribution in [2.75, 3.05) is 0 Å². The van der Waals surface area contributed by atoms with E-state index in [0.717, 1.165) is 33.0 Å². The van der Waals surface area contributed by atoms with Crippen molar-refractivity contribution in [3.63, 3.8) is 0 Å². The molecule has 0 aromatic heterocycles. The van der Waals surface area contributed by atoms with Crippen molar-refractivity contribution in [2.45, 2.75) is 19.6 Å². The molecule has 0 bridgehead atoms. The molecular weight excluding hydrogens is 260 g/mol. The molecular formula is C19H18O2. The predicted molar refractivity (Wildman–Crippen MR) is 85.1 cm³/mol. The number of aryl methyl sites for hydroxylation is 1. The van der Waals surface area contributed by atoms with Crippen LogP contribution >= 0.6 is 0 Å². The molecule has 2 nitrogen and oxygen atoms in total. The predicted octanol–water partition coefficient (Wildman–Crippen LogP) is 3.72. The van der Waals surface area contributed by atoms with Crippen molar-refractivity contribution < 1.29 is 10.2 Å². The Labute approximate surface area is 124 Å². The third kappa shape index (κ3) is 2.56. The molecule has 0 amide bonds. The molecule has 0 saturated heterocycles. The van der Waals surface area contributed by atoms with Gasteiger partial charge in [0.15, 0.2) is 0 Å². The van der Waals surface area contributed by atoms with Crippen molar-refractivity contribution in [2.24, 2.45) is 0 Å². The molecule has 3 rings (SSSR count). The minimum absolute atomic E-state index is 0.0802. The Kier molecular flexibility index (Phi) is 3.74. The summed E-state index contributed by atoms with van der Waals surface area (Å²) in [6, 6.07) is 19.7. The molecule has 21 heavy (non-hydrogen) atoms. The van der Waals surface area contributed by atoms with E-state index < -0.39 is 6.10 Å². The Hall–Kier alpha value is -2.16. The first kappa shape index (κ1) is 13.8. The average molecular weight is 278 g/mol. The molecule has 0 spiro atoms. The Morgan fingerprint density at radius 1 is 0.857 bits per heavy atom. The molecule has 1 atom stereocenters. The van der Waals surface area contributed by atoms with Gasteiger partial charge >= 0.3 is 0 Å². The lowest BCUT2D eigenvalue weighted by atomic mass is 9.92. The Morgan fingerprint density at radius 2 is 1.48 bits per heavy atom. The molecule has 0 fully saturated rings. The van der Waals surface area contributed by atoms with Gasteiger partial charge in [0.1, 0.15) is 6.10 Å². The lowest BCUT2D eigenvalue weighted by molar-refractivity contribution is 0.212. The number of benzene rings is 3. The smallest absolute Gasteiger partial charge is 0.105 e. The molecule has 2 heteroatoms. The van der Waals surface area contributed by atoms with Crippen LogP contribution < -0.4 is 0 Å². The standard InChI is InChI=1S/C19H18O2/c1-13-6-2-5-9-17(13)19(21)18-11-15-8-4-3-7-14(15)10-16(18)12-20/h2-11,19-21H,12H2,1H3. The molecule has 0 aliphatic rings. The highest BCUT2D eigenvalue weighted by atomic mass is 16.3. The largest absolute Gasteiger partial charge is 0.392 e. The van der Waals surface area contributed by atoms with E-state index in [2.05, 4.69) is 0 Å². The van der Waals surface area contributed by atoms with Crippen molar-refractivity contribution in [3.05, 3.63) is 82.9 Å². The fourth-order valence-corrected chi connectivity index (χ4v) is 2.76. The summed E-state index contributed by atoms with van der Waals surface area (Å²) < 4.78 is 0. The van der Waals surface area contributed by atoms with E-state index in [1.165, 1.54) is 0 Å². The van der Waals surface area contributed by atoms with Crippen molar-refractivity contribution in [1.82, 2.24) is 0 Å². The summed E-state index contributed by atoms with van der Waals surface area (Å²) in [7, 11) is 0. The summed E-state index contributed by atoms with van der Waals surface area (Å²) in [4.78, 5) is 0. The second-order valence-electron chi connectivity index (χ2n) is 5.32. The molecule has 3 aromatic carbocycles. The third-order valence-electron chi connectivity index (χ3n) is 3.96. The van der Waals surface area contributed by atoms with Crippen LogP contribution in [0.4, 0.5) is 0 Å². The van der Waals surface area contributed by atoms with Gasteiger partial charge in [0.25, 0.3) is 0 Å². The highest BCUT2D eigenvalue weighted by Gasteiger charge is 2.16. The second kappa shape index (κ2) is 5.68. The van der Waals surface area contributed by atoms with Gasteiger partial charge in [-0.1, -0.05) is 48.5 Å². The van der Waals surface area contributed by atoms with E-state index >= 15 is 0 Å². The van der Waals surface area contributed by atoms with Gasteiger partial charge in [-0.05, 0) is 52.1 Å². The highest BCUT2D eigenvalue weighted by molar-refractivity contribution is 5.84. The second-order valence-corrected chi connectivity index (χ2v) is 5.32. The maximum absolute atomic E-state index is 10.7. The number of hydrogen-bond donors (Lipinski definition) is 2. The lowest BCUT2D eigenvalue weighted by Crippen LogP contribution is -2.06. The van der Waals surface area contributed by atoms with Crippen LogP contribution in [0.15, 0.2) is 60.7 Å². The molecule has 0 radical (unpaired) electrons. The highest BCUT2D eigenvalue weighted by Crippen LogP contribution is 2.30. The van der Waals surface area contributed by atoms with Crippen LogP contribution in [0.25, 0.3) is 10.8 Å². The van der Waals surface area contributed by atoms with Crippen molar-refractivity contribution in [3.8, 4) is 0 Å². The van der Waals surface area contributed by atoms with Crippen LogP contribution in [0.1, 0.15) is 28.4 Å². The summed E-state index contributed by atoms with van der Waals surface area (Å²) in [6.45, 7) is 1.90. The van der Waals surface area contributed by atoms with E-state index in [9.17, 15) is 10.2 Å². The normalized spacial score (nSPS) is 12.5. The topological polar surface area (TPSA) is 40.5 Å². The zero-order chi connectivity index (χ0) is 14.8. The zero-order valence-corrected chi connectivity index (χ0v) is 12.0. The van der Waals surface area contributed by atoms with E-state index in [4.69, 9.17) is 0 Å². The lowest BCUT2D eigenvalue weighted by Gasteiger charge is -2.18. The molecule has 3 aromatic rings. The maximum Gasteiger partial charge on any atom is 0.105 e. The minimum Gasteiger partial charge on any atom is -0.392 e. The average Bonchev–Trinajstić information content (AvgIpc) is 2.53. The van der Waals surface area contributed by atoms with Gasteiger partial charge in [-0.3, -0.25) is 0 Å². The third-order valence-corrected chi connectivity index (χ3v) is 3.96. The number of fused-ring (bicyclic) bond motifs is 1. The molecule has 0 aliphatic heterocycles. The van der Waals surface area contributed by atoms with Gasteiger partial charge < -0.3 is 10.2 Å². The first-order valence-electron chi connectivity index (χ1n) is 7.06. The first-order valence-corrected chi connectivity index (χ1v) is 7.06. The summed E-state index contributed by atoms with van der Waals surface area (Å²) in [5.74, 6) is 0. The molecule has 106 valence electrons. The summed E-state index contributed by atoms with van der Waals surface area (Å²) in [5, 5.41) is 22.5. The molecule has 0 aliphatic carbocycles. The summed E-state index contributed by atoms with van der Waals surface area (Å²) in [6.07, 6.45) is -0.724. The maximum atomic E-state index is 10.7. The minimum atomic E-state index is -0.724. The SMILES string of the molecule is Cc1ccccc1C(O)c1cc2ccccc2cc1CO. The molecule has 2 N–H and O–H groups in total. The van der Waals surface area contributed by atoms with Crippen molar-refractivity contribution in [1.29, 1.82) is 0 Å². The fourth-order valence-electron chi connectivity index (χ4n) is 2.76. The van der Waals surface area contributed by atoms with Gasteiger partial charge in [0.05, 0.1) is 6.61 Å². The Balaban J connectivity index is 2.16. The Bertz CT molecular complexity index is 777. The van der Waals surface area contributed by atoms with Crippen LogP contribution in [-0.4, -0.2) is 10.2 Å². The number of rotatable bonds is 3. The van der Waals surface area contributed by atoms with Crippen LogP contribution in [0.5, 0.6) is 0 Å². The van der Waals surface area contributed by atoms with E-state index in [0.29, 0.717) is 0 Å². The van der Waals surface area contributed by atoms with Gasteiger partial charge in [-0.2, -0.15) is 0 Å². The van der Waals surface area contributed by atoms with Crippen LogP contribution in [0.3, 0.4) is 0 Å².